The first-order chi connectivity index (χ1) is 9.55. The van der Waals surface area contributed by atoms with Crippen LogP contribution < -0.4 is 20.7 Å². The van der Waals surface area contributed by atoms with E-state index in [1.54, 1.807) is 24.3 Å². The SMILES string of the molecule is COc1cccc(NS(=O)(=O)c2cnc(NN)nc2)c1. The summed E-state index contributed by atoms with van der Waals surface area (Å²) in [5, 5.41) is 0. The molecule has 0 unspecified atom stereocenters. The van der Waals surface area contributed by atoms with E-state index in [1.807, 2.05) is 0 Å². The minimum absolute atomic E-state index is 0.0701. The van der Waals surface area contributed by atoms with Crippen molar-refractivity contribution in [3.63, 3.8) is 0 Å². The van der Waals surface area contributed by atoms with Crippen molar-refractivity contribution in [2.45, 2.75) is 4.90 Å². The first kappa shape index (κ1) is 14.0. The van der Waals surface area contributed by atoms with E-state index >= 15 is 0 Å². The van der Waals surface area contributed by atoms with Gasteiger partial charge in [-0.2, -0.15) is 0 Å². The number of sulfonamides is 1. The van der Waals surface area contributed by atoms with E-state index in [4.69, 9.17) is 10.6 Å². The molecule has 0 saturated carbocycles. The van der Waals surface area contributed by atoms with Gasteiger partial charge in [-0.1, -0.05) is 6.07 Å². The van der Waals surface area contributed by atoms with Crippen LogP contribution in [-0.2, 0) is 10.0 Å². The lowest BCUT2D eigenvalue weighted by atomic mass is 10.3. The third kappa shape index (κ3) is 3.13. The normalized spacial score (nSPS) is 10.9. The minimum Gasteiger partial charge on any atom is -0.497 e. The van der Waals surface area contributed by atoms with Gasteiger partial charge < -0.3 is 4.74 Å². The molecule has 0 fully saturated rings. The van der Waals surface area contributed by atoms with Crippen LogP contribution in [0.15, 0.2) is 41.6 Å². The van der Waals surface area contributed by atoms with Crippen LogP contribution in [0.2, 0.25) is 0 Å². The molecule has 9 heteroatoms. The van der Waals surface area contributed by atoms with Gasteiger partial charge in [-0.25, -0.2) is 24.2 Å². The molecule has 0 saturated heterocycles. The van der Waals surface area contributed by atoms with Crippen LogP contribution in [0.3, 0.4) is 0 Å². The summed E-state index contributed by atoms with van der Waals surface area (Å²) in [6.07, 6.45) is 2.31. The molecule has 0 aliphatic heterocycles. The maximum atomic E-state index is 12.1. The number of ether oxygens (including phenoxy) is 1. The molecular weight excluding hydrogens is 282 g/mol. The molecule has 0 amide bonds. The largest absolute Gasteiger partial charge is 0.497 e. The van der Waals surface area contributed by atoms with Gasteiger partial charge in [0.2, 0.25) is 5.95 Å². The number of aromatic nitrogens is 2. The quantitative estimate of drug-likeness (QED) is 0.545. The highest BCUT2D eigenvalue weighted by Crippen LogP contribution is 2.20. The summed E-state index contributed by atoms with van der Waals surface area (Å²) in [5.41, 5.74) is 2.60. The lowest BCUT2D eigenvalue weighted by molar-refractivity contribution is 0.415. The smallest absolute Gasteiger partial charge is 0.264 e. The first-order valence-electron chi connectivity index (χ1n) is 5.50. The van der Waals surface area contributed by atoms with Crippen LogP contribution in [-0.4, -0.2) is 25.5 Å². The van der Waals surface area contributed by atoms with Crippen molar-refractivity contribution in [3.05, 3.63) is 36.7 Å². The van der Waals surface area contributed by atoms with Crippen LogP contribution in [0.1, 0.15) is 0 Å². The number of hydrazine groups is 1. The standard InChI is InChI=1S/C11H13N5O3S/c1-19-9-4-2-3-8(5-9)16-20(17,18)10-6-13-11(15-12)14-7-10/h2-7,16H,12H2,1H3,(H,13,14,15). The summed E-state index contributed by atoms with van der Waals surface area (Å²) in [4.78, 5) is 7.43. The number of rotatable bonds is 5. The molecule has 2 rings (SSSR count). The fourth-order valence-corrected chi connectivity index (χ4v) is 2.37. The molecule has 0 bridgehead atoms. The van der Waals surface area contributed by atoms with Gasteiger partial charge in [-0.15, -0.1) is 0 Å². The topological polar surface area (TPSA) is 119 Å². The summed E-state index contributed by atoms with van der Waals surface area (Å²) in [6, 6.07) is 6.56. The van der Waals surface area contributed by atoms with Crippen LogP contribution in [0.4, 0.5) is 11.6 Å². The third-order valence-corrected chi connectivity index (χ3v) is 3.73. The third-order valence-electron chi connectivity index (χ3n) is 2.39. The molecule has 106 valence electrons. The van der Waals surface area contributed by atoms with E-state index in [-0.39, 0.29) is 10.8 Å². The average Bonchev–Trinajstić information content (AvgIpc) is 2.47. The van der Waals surface area contributed by atoms with Crippen LogP contribution in [0.5, 0.6) is 5.75 Å². The Hall–Kier alpha value is -2.39. The number of nitrogen functional groups attached to an aromatic ring is 1. The van der Waals surface area contributed by atoms with Gasteiger partial charge in [0.25, 0.3) is 10.0 Å². The maximum Gasteiger partial charge on any atom is 0.264 e. The van der Waals surface area contributed by atoms with Gasteiger partial charge in [0, 0.05) is 6.07 Å². The Balaban J connectivity index is 2.25. The van der Waals surface area contributed by atoms with E-state index in [9.17, 15) is 8.42 Å². The van der Waals surface area contributed by atoms with Crippen molar-refractivity contribution in [2.75, 3.05) is 17.3 Å². The number of hydrogen-bond donors (Lipinski definition) is 3. The Morgan fingerprint density at radius 1 is 1.25 bits per heavy atom. The lowest BCUT2D eigenvalue weighted by Gasteiger charge is -2.09. The van der Waals surface area contributed by atoms with E-state index in [2.05, 4.69) is 20.1 Å². The Labute approximate surface area is 116 Å². The zero-order valence-electron chi connectivity index (χ0n) is 10.6. The predicted octanol–water partition coefficient (Wildman–Crippen LogP) is 0.572. The van der Waals surface area contributed by atoms with Gasteiger partial charge in [0.15, 0.2) is 0 Å². The van der Waals surface area contributed by atoms with Crippen molar-refractivity contribution < 1.29 is 13.2 Å². The summed E-state index contributed by atoms with van der Waals surface area (Å²) in [7, 11) is -2.26. The highest BCUT2D eigenvalue weighted by Gasteiger charge is 2.15. The van der Waals surface area contributed by atoms with Crippen molar-refractivity contribution in [1.82, 2.24) is 9.97 Å². The second-order valence-corrected chi connectivity index (χ2v) is 5.41. The number of hydrogen-bond acceptors (Lipinski definition) is 7. The summed E-state index contributed by atoms with van der Waals surface area (Å²) < 4.78 is 31.7. The highest BCUT2D eigenvalue weighted by molar-refractivity contribution is 7.92. The number of nitrogens with one attached hydrogen (secondary N) is 2. The van der Waals surface area contributed by atoms with Gasteiger partial charge >= 0.3 is 0 Å². The number of anilines is 2. The van der Waals surface area contributed by atoms with E-state index in [0.717, 1.165) is 12.4 Å². The number of nitrogens with two attached hydrogens (primary N) is 1. The first-order valence-corrected chi connectivity index (χ1v) is 6.99. The van der Waals surface area contributed by atoms with E-state index < -0.39 is 10.0 Å². The average molecular weight is 295 g/mol. The molecule has 1 aromatic carbocycles. The van der Waals surface area contributed by atoms with Gasteiger partial charge in [0.05, 0.1) is 25.2 Å². The number of benzene rings is 1. The summed E-state index contributed by atoms with van der Waals surface area (Å²) in [5.74, 6) is 5.79. The van der Waals surface area contributed by atoms with Gasteiger partial charge in [-0.3, -0.25) is 10.1 Å². The lowest BCUT2D eigenvalue weighted by Crippen LogP contribution is -2.15. The van der Waals surface area contributed by atoms with Crippen molar-refractivity contribution in [1.29, 1.82) is 0 Å². The summed E-state index contributed by atoms with van der Waals surface area (Å²) in [6.45, 7) is 0. The Bertz CT molecular complexity index is 687. The molecule has 4 N–H and O–H groups in total. The molecule has 1 heterocycles. The molecule has 1 aromatic heterocycles. The molecule has 0 radical (unpaired) electrons. The minimum atomic E-state index is -3.76. The van der Waals surface area contributed by atoms with Gasteiger partial charge in [0.1, 0.15) is 10.6 Å². The second kappa shape index (κ2) is 5.72. The van der Waals surface area contributed by atoms with E-state index in [0.29, 0.717) is 11.4 Å². The molecule has 8 nitrogen and oxygen atoms in total. The molecule has 0 aliphatic carbocycles. The fraction of sp³-hybridized carbons (Fsp3) is 0.0909. The monoisotopic (exact) mass is 295 g/mol. The van der Waals surface area contributed by atoms with Crippen LogP contribution in [0, 0.1) is 0 Å². The molecule has 20 heavy (non-hydrogen) atoms. The number of nitrogens with zero attached hydrogens (tertiary/aromatic N) is 2. The van der Waals surface area contributed by atoms with Crippen molar-refractivity contribution in [2.24, 2.45) is 5.84 Å². The molecule has 2 aromatic rings. The predicted molar refractivity (Wildman–Crippen MR) is 73.6 cm³/mol. The fourth-order valence-electron chi connectivity index (χ4n) is 1.43. The van der Waals surface area contributed by atoms with Gasteiger partial charge in [-0.05, 0) is 12.1 Å². The second-order valence-electron chi connectivity index (χ2n) is 3.72. The Morgan fingerprint density at radius 2 is 1.95 bits per heavy atom. The van der Waals surface area contributed by atoms with Crippen LogP contribution >= 0.6 is 0 Å². The zero-order chi connectivity index (χ0) is 14.6. The van der Waals surface area contributed by atoms with Crippen LogP contribution in [0.25, 0.3) is 0 Å². The number of methoxy groups -OCH3 is 1. The maximum absolute atomic E-state index is 12.1. The molecule has 0 aliphatic rings. The zero-order valence-corrected chi connectivity index (χ0v) is 11.4. The Morgan fingerprint density at radius 3 is 2.55 bits per heavy atom. The highest BCUT2D eigenvalue weighted by atomic mass is 32.2. The van der Waals surface area contributed by atoms with Crippen molar-refractivity contribution >= 4 is 21.7 Å². The molecule has 0 atom stereocenters. The molecular formula is C11H13N5O3S. The molecule has 0 spiro atoms. The Kier molecular flexibility index (Phi) is 4.01. The van der Waals surface area contributed by atoms with Crippen molar-refractivity contribution in [3.8, 4) is 5.75 Å². The van der Waals surface area contributed by atoms with E-state index in [1.165, 1.54) is 7.11 Å². The summed E-state index contributed by atoms with van der Waals surface area (Å²) >= 11 is 0.